The Balaban J connectivity index is 1.38. The molecule has 1 N–H and O–H groups in total. The Hall–Kier alpha value is -0.610. The third-order valence-electron chi connectivity index (χ3n) is 12.8. The molecule has 5 aliphatic carbocycles. The van der Waals surface area contributed by atoms with E-state index in [1.54, 1.807) is 0 Å². The number of carbonyl (C=O) groups excluding carboxylic acids is 1. The van der Waals surface area contributed by atoms with Gasteiger partial charge in [0, 0.05) is 12.5 Å². The van der Waals surface area contributed by atoms with Crippen molar-refractivity contribution in [3.8, 4) is 0 Å². The molecule has 0 aromatic heterocycles. The zero-order chi connectivity index (χ0) is 25.4. The molecule has 5 fully saturated rings. The first-order chi connectivity index (χ1) is 16.4. The number of fused-ring (bicyclic) bond motifs is 4. The minimum absolute atomic E-state index is 0.0534. The molecule has 0 heterocycles. The highest BCUT2D eigenvalue weighted by molar-refractivity contribution is 5.72. The molecule has 0 radical (unpaired) electrons. The first-order valence-electron chi connectivity index (χ1n) is 14.8. The number of carbonyl (C=O) groups is 1. The Bertz CT molecular complexity index is 817. The van der Waals surface area contributed by atoms with Crippen molar-refractivity contribution in [3.63, 3.8) is 0 Å². The largest absolute Gasteiger partial charge is 0.466 e. The molecule has 0 bridgehead atoms. The lowest BCUT2D eigenvalue weighted by atomic mass is 9.45. The van der Waals surface area contributed by atoms with E-state index in [4.69, 9.17) is 9.47 Å². The number of esters is 1. The molecule has 4 heteroatoms. The van der Waals surface area contributed by atoms with Gasteiger partial charge >= 0.3 is 5.97 Å². The second-order valence-electron chi connectivity index (χ2n) is 14.5. The van der Waals surface area contributed by atoms with E-state index in [9.17, 15) is 9.90 Å². The first kappa shape index (κ1) is 26.0. The fourth-order valence-corrected chi connectivity index (χ4v) is 11.1. The maximum Gasteiger partial charge on any atom is 0.309 e. The van der Waals surface area contributed by atoms with Crippen LogP contribution in [0.25, 0.3) is 0 Å². The second-order valence-corrected chi connectivity index (χ2v) is 14.5. The Morgan fingerprint density at radius 3 is 2.49 bits per heavy atom. The first-order valence-corrected chi connectivity index (χ1v) is 14.8. The lowest BCUT2D eigenvalue weighted by Crippen LogP contribution is -2.57. The summed E-state index contributed by atoms with van der Waals surface area (Å²) in [5.74, 6) is 3.94. The van der Waals surface area contributed by atoms with E-state index in [1.165, 1.54) is 51.4 Å². The van der Waals surface area contributed by atoms with Crippen LogP contribution in [-0.2, 0) is 14.3 Å². The smallest absolute Gasteiger partial charge is 0.309 e. The fourth-order valence-electron chi connectivity index (χ4n) is 11.1. The fraction of sp³-hybridized carbons (Fsp3) is 0.968. The van der Waals surface area contributed by atoms with Crippen molar-refractivity contribution in [1.29, 1.82) is 0 Å². The van der Waals surface area contributed by atoms with Crippen LogP contribution in [0.1, 0.15) is 106 Å². The van der Waals surface area contributed by atoms with E-state index in [0.29, 0.717) is 47.7 Å². The number of methoxy groups -OCH3 is 1. The van der Waals surface area contributed by atoms with E-state index in [2.05, 4.69) is 20.8 Å². The van der Waals surface area contributed by atoms with Crippen molar-refractivity contribution in [2.75, 3.05) is 13.7 Å². The predicted molar refractivity (Wildman–Crippen MR) is 139 cm³/mol. The summed E-state index contributed by atoms with van der Waals surface area (Å²) in [6, 6.07) is 0. The van der Waals surface area contributed by atoms with Crippen molar-refractivity contribution < 1.29 is 19.4 Å². The lowest BCUT2D eigenvalue weighted by Gasteiger charge is -2.61. The standard InChI is InChI=1S/C31H52O4/c1-8-35-27(32)21(12-14-28(3,4)33)19(2)23-9-10-24-22-17-26(34-7)31-18-20(31)11-16-30(31,6)25(22)13-15-29(23,24)5/h19-26,33H,8-18H2,1-7H3/t19-,20+,21-,22+,23-,24+,25+,26-,29-,30-,31+/m1/s1. The maximum atomic E-state index is 13.1. The topological polar surface area (TPSA) is 55.8 Å². The van der Waals surface area contributed by atoms with Crippen molar-refractivity contribution in [2.24, 2.45) is 57.7 Å². The molecule has 5 aliphatic rings. The average Bonchev–Trinajstić information content (AvgIpc) is 3.29. The van der Waals surface area contributed by atoms with Gasteiger partial charge in [-0.25, -0.2) is 0 Å². The van der Waals surface area contributed by atoms with Gasteiger partial charge in [0.1, 0.15) is 0 Å². The molecule has 4 nitrogen and oxygen atoms in total. The summed E-state index contributed by atoms with van der Waals surface area (Å²) in [5.41, 5.74) is 0.483. The van der Waals surface area contributed by atoms with E-state index >= 15 is 0 Å². The van der Waals surface area contributed by atoms with Gasteiger partial charge in [0.15, 0.2) is 0 Å². The molecule has 5 rings (SSSR count). The summed E-state index contributed by atoms with van der Waals surface area (Å²) in [5, 5.41) is 10.4. The highest BCUT2D eigenvalue weighted by Crippen LogP contribution is 2.82. The van der Waals surface area contributed by atoms with Gasteiger partial charge < -0.3 is 14.6 Å². The summed E-state index contributed by atoms with van der Waals surface area (Å²) in [6.07, 6.45) is 12.5. The van der Waals surface area contributed by atoms with Crippen molar-refractivity contribution in [2.45, 2.75) is 117 Å². The van der Waals surface area contributed by atoms with Crippen LogP contribution in [0.15, 0.2) is 0 Å². The Kier molecular flexibility index (Phi) is 6.48. The van der Waals surface area contributed by atoms with Crippen LogP contribution in [0, 0.1) is 57.7 Å². The van der Waals surface area contributed by atoms with Crippen LogP contribution in [0.2, 0.25) is 0 Å². The third-order valence-corrected chi connectivity index (χ3v) is 12.8. The minimum Gasteiger partial charge on any atom is -0.466 e. The molecule has 11 atom stereocenters. The molecule has 0 amide bonds. The van der Waals surface area contributed by atoms with Gasteiger partial charge in [0.05, 0.1) is 24.2 Å². The van der Waals surface area contributed by atoms with Gasteiger partial charge in [-0.15, -0.1) is 0 Å². The van der Waals surface area contributed by atoms with E-state index < -0.39 is 5.60 Å². The molecular weight excluding hydrogens is 436 g/mol. The van der Waals surface area contributed by atoms with E-state index in [1.807, 2.05) is 27.9 Å². The summed E-state index contributed by atoms with van der Waals surface area (Å²) < 4.78 is 11.9. The van der Waals surface area contributed by atoms with Crippen LogP contribution < -0.4 is 0 Å². The summed E-state index contributed by atoms with van der Waals surface area (Å²) in [4.78, 5) is 13.1. The Labute approximate surface area is 214 Å². The monoisotopic (exact) mass is 488 g/mol. The number of hydrogen-bond acceptors (Lipinski definition) is 4. The molecule has 1 spiro atoms. The third kappa shape index (κ3) is 3.77. The zero-order valence-electron chi connectivity index (χ0n) is 23.6. The second kappa shape index (κ2) is 8.72. The molecular formula is C31H52O4. The molecule has 0 aromatic carbocycles. The molecule has 35 heavy (non-hydrogen) atoms. The molecule has 0 aromatic rings. The van der Waals surface area contributed by atoms with Crippen molar-refractivity contribution >= 4 is 5.97 Å². The molecule has 0 saturated heterocycles. The van der Waals surface area contributed by atoms with Crippen LogP contribution >= 0.6 is 0 Å². The predicted octanol–water partition coefficient (Wildman–Crippen LogP) is 6.64. The van der Waals surface area contributed by atoms with Crippen LogP contribution in [-0.4, -0.2) is 36.5 Å². The maximum absolute atomic E-state index is 13.1. The molecule has 5 saturated carbocycles. The normalized spacial score (nSPS) is 47.8. The van der Waals surface area contributed by atoms with Gasteiger partial charge in [0.25, 0.3) is 0 Å². The summed E-state index contributed by atoms with van der Waals surface area (Å²) in [6.45, 7) is 13.6. The van der Waals surface area contributed by atoms with Gasteiger partial charge in [-0.2, -0.15) is 0 Å². The molecule has 0 aliphatic heterocycles. The SMILES string of the molecule is CCOC(=O)[C@H](CCC(C)(C)O)[C@@H](C)[C@H]1CC[C@H]2[C@@H]3C[C@@H](OC)[C@]45C[C@@H]4CC[C@]5(C)[C@H]3CC[C@]12C. The minimum atomic E-state index is -0.755. The van der Waals surface area contributed by atoms with Crippen LogP contribution in [0.4, 0.5) is 0 Å². The molecule has 200 valence electrons. The van der Waals surface area contributed by atoms with Crippen molar-refractivity contribution in [1.82, 2.24) is 0 Å². The van der Waals surface area contributed by atoms with Crippen molar-refractivity contribution in [3.05, 3.63) is 0 Å². The van der Waals surface area contributed by atoms with E-state index in [0.717, 1.165) is 23.7 Å². The quantitative estimate of drug-likeness (QED) is 0.389. The van der Waals surface area contributed by atoms with Gasteiger partial charge in [0.2, 0.25) is 0 Å². The Morgan fingerprint density at radius 1 is 1.11 bits per heavy atom. The van der Waals surface area contributed by atoms with Crippen LogP contribution in [0.5, 0.6) is 0 Å². The van der Waals surface area contributed by atoms with Crippen LogP contribution in [0.3, 0.4) is 0 Å². The van der Waals surface area contributed by atoms with Gasteiger partial charge in [-0.3, -0.25) is 4.79 Å². The van der Waals surface area contributed by atoms with E-state index in [-0.39, 0.29) is 17.8 Å². The summed E-state index contributed by atoms with van der Waals surface area (Å²) in [7, 11) is 1.97. The van der Waals surface area contributed by atoms with Gasteiger partial charge in [-0.1, -0.05) is 20.8 Å². The highest BCUT2D eigenvalue weighted by atomic mass is 16.5. The summed E-state index contributed by atoms with van der Waals surface area (Å²) >= 11 is 0. The number of rotatable bonds is 8. The lowest BCUT2D eigenvalue weighted by molar-refractivity contribution is -0.164. The zero-order valence-corrected chi connectivity index (χ0v) is 23.6. The highest BCUT2D eigenvalue weighted by Gasteiger charge is 2.77. The van der Waals surface area contributed by atoms with Gasteiger partial charge in [-0.05, 0) is 131 Å². The average molecular weight is 489 g/mol. The Morgan fingerprint density at radius 2 is 1.86 bits per heavy atom. The number of hydrogen-bond donors (Lipinski definition) is 1. The molecule has 0 unspecified atom stereocenters. The number of aliphatic hydroxyl groups is 1. The number of ether oxygens (including phenoxy) is 2.